The minimum atomic E-state index is 0.0731. The van der Waals surface area contributed by atoms with Gasteiger partial charge in [-0.25, -0.2) is 0 Å². The van der Waals surface area contributed by atoms with Gasteiger partial charge in [0.25, 0.3) is 5.91 Å². The van der Waals surface area contributed by atoms with E-state index < -0.39 is 0 Å². The van der Waals surface area contributed by atoms with Crippen molar-refractivity contribution in [1.82, 2.24) is 10.2 Å². The zero-order valence-corrected chi connectivity index (χ0v) is 10.9. The van der Waals surface area contributed by atoms with Gasteiger partial charge in [-0.05, 0) is 37.6 Å². The molecule has 0 aliphatic carbocycles. The van der Waals surface area contributed by atoms with Gasteiger partial charge < -0.3 is 10.2 Å². The van der Waals surface area contributed by atoms with Crippen LogP contribution in [-0.2, 0) is 0 Å². The number of hydrogen-bond acceptors (Lipinski definition) is 2. The highest BCUT2D eigenvalue weighted by Crippen LogP contribution is 2.16. The number of piperazine rings is 1. The van der Waals surface area contributed by atoms with Gasteiger partial charge in [0.2, 0.25) is 0 Å². The van der Waals surface area contributed by atoms with Crippen molar-refractivity contribution < 1.29 is 4.79 Å². The quantitative estimate of drug-likeness (QED) is 0.830. The van der Waals surface area contributed by atoms with E-state index in [1.54, 1.807) is 6.07 Å². The molecular formula is C13H17ClN2O. The Morgan fingerprint density at radius 3 is 2.88 bits per heavy atom. The number of halogens is 1. The van der Waals surface area contributed by atoms with Gasteiger partial charge >= 0.3 is 0 Å². The molecule has 0 spiro atoms. The van der Waals surface area contributed by atoms with Crippen LogP contribution in [0.1, 0.15) is 22.8 Å². The summed E-state index contributed by atoms with van der Waals surface area (Å²) in [7, 11) is 0. The van der Waals surface area contributed by atoms with Crippen LogP contribution in [0.5, 0.6) is 0 Å². The van der Waals surface area contributed by atoms with Crippen molar-refractivity contribution in [2.24, 2.45) is 0 Å². The molecule has 1 N–H and O–H groups in total. The van der Waals surface area contributed by atoms with Crippen LogP contribution in [0, 0.1) is 6.92 Å². The van der Waals surface area contributed by atoms with Crippen molar-refractivity contribution in [3.63, 3.8) is 0 Å². The Labute approximate surface area is 107 Å². The first kappa shape index (κ1) is 12.4. The Balaban J connectivity index is 2.18. The van der Waals surface area contributed by atoms with Gasteiger partial charge in [-0.3, -0.25) is 4.79 Å². The molecule has 1 saturated heterocycles. The molecule has 0 bridgehead atoms. The van der Waals surface area contributed by atoms with E-state index in [9.17, 15) is 4.79 Å². The van der Waals surface area contributed by atoms with E-state index in [0.29, 0.717) is 16.6 Å². The lowest BCUT2D eigenvalue weighted by molar-refractivity contribution is 0.0709. The highest BCUT2D eigenvalue weighted by atomic mass is 35.5. The van der Waals surface area contributed by atoms with Crippen molar-refractivity contribution in [3.05, 3.63) is 34.3 Å². The highest BCUT2D eigenvalue weighted by molar-refractivity contribution is 6.31. The van der Waals surface area contributed by atoms with E-state index in [0.717, 1.165) is 25.2 Å². The summed E-state index contributed by atoms with van der Waals surface area (Å²) in [6.45, 7) is 6.40. The molecule has 0 aromatic heterocycles. The molecule has 4 heteroatoms. The molecule has 0 unspecified atom stereocenters. The highest BCUT2D eigenvalue weighted by Gasteiger charge is 2.21. The van der Waals surface area contributed by atoms with Gasteiger partial charge in [-0.1, -0.05) is 11.6 Å². The van der Waals surface area contributed by atoms with Crippen LogP contribution in [-0.4, -0.2) is 36.5 Å². The maximum Gasteiger partial charge on any atom is 0.254 e. The second-order valence-corrected chi connectivity index (χ2v) is 5.06. The number of carbonyl (C=O) groups is 1. The molecule has 1 atom stereocenters. The third-order valence-corrected chi connectivity index (χ3v) is 3.16. The van der Waals surface area contributed by atoms with E-state index in [1.165, 1.54) is 0 Å². The number of nitrogens with one attached hydrogen (secondary N) is 1. The van der Waals surface area contributed by atoms with Crippen molar-refractivity contribution in [2.75, 3.05) is 19.6 Å². The maximum absolute atomic E-state index is 12.3. The van der Waals surface area contributed by atoms with E-state index in [1.807, 2.05) is 24.0 Å². The second-order valence-electron chi connectivity index (χ2n) is 4.62. The second kappa shape index (κ2) is 5.07. The summed E-state index contributed by atoms with van der Waals surface area (Å²) in [5, 5.41) is 3.94. The lowest BCUT2D eigenvalue weighted by Gasteiger charge is -2.32. The Morgan fingerprint density at radius 2 is 2.24 bits per heavy atom. The molecular weight excluding hydrogens is 236 g/mol. The van der Waals surface area contributed by atoms with E-state index in [4.69, 9.17) is 11.6 Å². The fraction of sp³-hybridized carbons (Fsp3) is 0.462. The van der Waals surface area contributed by atoms with Gasteiger partial charge in [0.05, 0.1) is 0 Å². The molecule has 3 nitrogen and oxygen atoms in total. The summed E-state index contributed by atoms with van der Waals surface area (Å²) >= 11 is 5.98. The normalized spacial score (nSPS) is 20.4. The molecule has 1 fully saturated rings. The number of nitrogens with zero attached hydrogens (tertiary/aromatic N) is 1. The van der Waals surface area contributed by atoms with Crippen molar-refractivity contribution in [2.45, 2.75) is 19.9 Å². The van der Waals surface area contributed by atoms with Gasteiger partial charge in [-0.15, -0.1) is 0 Å². The van der Waals surface area contributed by atoms with E-state index >= 15 is 0 Å². The van der Waals surface area contributed by atoms with Crippen LogP contribution < -0.4 is 5.32 Å². The zero-order chi connectivity index (χ0) is 12.4. The fourth-order valence-corrected chi connectivity index (χ4v) is 2.45. The van der Waals surface area contributed by atoms with Crippen molar-refractivity contribution in [1.29, 1.82) is 0 Å². The average Bonchev–Trinajstić information content (AvgIpc) is 2.26. The summed E-state index contributed by atoms with van der Waals surface area (Å²) < 4.78 is 0. The van der Waals surface area contributed by atoms with Crippen LogP contribution in [0.15, 0.2) is 18.2 Å². The van der Waals surface area contributed by atoms with Crippen LogP contribution >= 0.6 is 11.6 Å². The number of aryl methyl sites for hydroxylation is 1. The number of hydrogen-bond donors (Lipinski definition) is 1. The Morgan fingerprint density at radius 1 is 1.47 bits per heavy atom. The SMILES string of the molecule is Cc1cc(Cl)cc(C(=O)N2CCN[C@H](C)C2)c1. The summed E-state index contributed by atoms with van der Waals surface area (Å²) in [5.74, 6) is 0.0731. The lowest BCUT2D eigenvalue weighted by atomic mass is 10.1. The molecule has 1 heterocycles. The van der Waals surface area contributed by atoms with Crippen LogP contribution in [0.4, 0.5) is 0 Å². The standard InChI is InChI=1S/C13H17ClN2O/c1-9-5-11(7-12(14)6-9)13(17)16-4-3-15-10(2)8-16/h5-7,10,15H,3-4,8H2,1-2H3/t10-/m1/s1. The number of carbonyl (C=O) groups excluding carboxylic acids is 1. The molecule has 1 amide bonds. The van der Waals surface area contributed by atoms with E-state index in [2.05, 4.69) is 12.2 Å². The first-order chi connectivity index (χ1) is 8.06. The van der Waals surface area contributed by atoms with E-state index in [-0.39, 0.29) is 5.91 Å². The summed E-state index contributed by atoms with van der Waals surface area (Å²) in [5.41, 5.74) is 1.70. The first-order valence-corrected chi connectivity index (χ1v) is 6.24. The molecule has 1 aromatic carbocycles. The molecule has 0 radical (unpaired) electrons. The summed E-state index contributed by atoms with van der Waals surface area (Å²) in [6, 6.07) is 5.84. The molecule has 92 valence electrons. The Hall–Kier alpha value is -1.06. The average molecular weight is 253 g/mol. The number of rotatable bonds is 1. The van der Waals surface area contributed by atoms with Crippen LogP contribution in [0.2, 0.25) is 5.02 Å². The minimum absolute atomic E-state index is 0.0731. The van der Waals surface area contributed by atoms with Crippen molar-refractivity contribution >= 4 is 17.5 Å². The lowest BCUT2D eigenvalue weighted by Crippen LogP contribution is -2.51. The topological polar surface area (TPSA) is 32.3 Å². The third-order valence-electron chi connectivity index (χ3n) is 2.95. The maximum atomic E-state index is 12.3. The zero-order valence-electron chi connectivity index (χ0n) is 10.2. The van der Waals surface area contributed by atoms with Gasteiger partial charge in [-0.2, -0.15) is 0 Å². The summed E-state index contributed by atoms with van der Waals surface area (Å²) in [4.78, 5) is 14.2. The van der Waals surface area contributed by atoms with Crippen molar-refractivity contribution in [3.8, 4) is 0 Å². The minimum Gasteiger partial charge on any atom is -0.336 e. The smallest absolute Gasteiger partial charge is 0.254 e. The number of amides is 1. The molecule has 17 heavy (non-hydrogen) atoms. The molecule has 2 rings (SSSR count). The molecule has 1 aromatic rings. The molecule has 0 saturated carbocycles. The molecule has 1 aliphatic rings. The van der Waals surface area contributed by atoms with Gasteiger partial charge in [0, 0.05) is 36.3 Å². The monoisotopic (exact) mass is 252 g/mol. The van der Waals surface area contributed by atoms with Crippen LogP contribution in [0.3, 0.4) is 0 Å². The predicted octanol–water partition coefficient (Wildman–Crippen LogP) is 2.08. The number of benzene rings is 1. The first-order valence-electron chi connectivity index (χ1n) is 5.86. The van der Waals surface area contributed by atoms with Crippen LogP contribution in [0.25, 0.3) is 0 Å². The predicted molar refractivity (Wildman–Crippen MR) is 69.6 cm³/mol. The Kier molecular flexibility index (Phi) is 3.69. The third kappa shape index (κ3) is 2.99. The summed E-state index contributed by atoms with van der Waals surface area (Å²) in [6.07, 6.45) is 0. The largest absolute Gasteiger partial charge is 0.336 e. The fourth-order valence-electron chi connectivity index (χ4n) is 2.16. The molecule has 1 aliphatic heterocycles. The van der Waals surface area contributed by atoms with Gasteiger partial charge in [0.1, 0.15) is 0 Å². The van der Waals surface area contributed by atoms with Gasteiger partial charge in [0.15, 0.2) is 0 Å². The Bertz CT molecular complexity index is 413.